The number of likely N-dealkylation sites (tertiary alicyclic amines) is 1. The number of allylic oxidation sites excluding steroid dienone is 4. The Morgan fingerprint density at radius 3 is 2.35 bits per heavy atom. The number of alkyl halides is 3. The third-order valence-electron chi connectivity index (χ3n) is 7.69. The number of nitrogens with zero attached hydrogens (tertiary/aromatic N) is 2. The van der Waals surface area contributed by atoms with Crippen molar-refractivity contribution in [3.63, 3.8) is 0 Å². The molecule has 0 aromatic rings. The van der Waals surface area contributed by atoms with Crippen LogP contribution in [0.3, 0.4) is 0 Å². The van der Waals surface area contributed by atoms with E-state index in [9.17, 15) is 21.6 Å². The van der Waals surface area contributed by atoms with E-state index in [2.05, 4.69) is 10.2 Å². The predicted octanol–water partition coefficient (Wildman–Crippen LogP) is 2.81. The summed E-state index contributed by atoms with van der Waals surface area (Å²) in [6.45, 7) is 7.13. The lowest BCUT2D eigenvalue weighted by atomic mass is 9.74. The van der Waals surface area contributed by atoms with Crippen LogP contribution in [0.5, 0.6) is 0 Å². The van der Waals surface area contributed by atoms with Crippen molar-refractivity contribution >= 4 is 10.0 Å². The molecule has 0 unspecified atom stereocenters. The predicted molar refractivity (Wildman–Crippen MR) is 109 cm³/mol. The molecule has 4 heterocycles. The van der Waals surface area contributed by atoms with E-state index in [1.807, 2.05) is 0 Å². The van der Waals surface area contributed by atoms with Crippen LogP contribution in [0.15, 0.2) is 22.4 Å². The first-order chi connectivity index (χ1) is 14.5. The van der Waals surface area contributed by atoms with E-state index in [1.165, 1.54) is 10.4 Å². The summed E-state index contributed by atoms with van der Waals surface area (Å²) in [5, 5.41) is 2.78. The molecule has 0 aromatic carbocycles. The average molecular weight is 462 g/mol. The fraction of sp³-hybridized carbons (Fsp3) is 0.810. The van der Waals surface area contributed by atoms with Crippen LogP contribution in [0, 0.1) is 16.7 Å². The average Bonchev–Trinajstić information content (AvgIpc) is 3.45. The maximum atomic E-state index is 13.4. The summed E-state index contributed by atoms with van der Waals surface area (Å²) in [5.74, 6) is 0.666. The first kappa shape index (κ1) is 21.7. The number of rotatable bonds is 5. The second-order valence-corrected chi connectivity index (χ2v) is 12.0. The number of sulfonamides is 1. The molecule has 4 aliphatic heterocycles. The van der Waals surface area contributed by atoms with Gasteiger partial charge >= 0.3 is 6.18 Å². The molecule has 0 radical (unpaired) electrons. The Balaban J connectivity index is 1.17. The van der Waals surface area contributed by atoms with Gasteiger partial charge in [-0.1, -0.05) is 6.08 Å². The van der Waals surface area contributed by atoms with Crippen molar-refractivity contribution in [3.05, 3.63) is 22.4 Å². The normalized spacial score (nSPS) is 29.2. The monoisotopic (exact) mass is 461 g/mol. The molecule has 4 fully saturated rings. The Hall–Kier alpha value is -1.10. The minimum atomic E-state index is -4.31. The summed E-state index contributed by atoms with van der Waals surface area (Å²) in [6, 6.07) is 0. The third kappa shape index (κ3) is 3.63. The molecule has 0 aromatic heterocycles. The molecule has 1 saturated carbocycles. The highest BCUT2D eigenvalue weighted by atomic mass is 32.2. The Labute approximate surface area is 181 Å². The zero-order valence-corrected chi connectivity index (χ0v) is 18.6. The number of hydrogen-bond donors (Lipinski definition) is 1. The van der Waals surface area contributed by atoms with Gasteiger partial charge in [0.15, 0.2) is 0 Å². The van der Waals surface area contributed by atoms with Crippen molar-refractivity contribution in [2.45, 2.75) is 45.2 Å². The smallest absolute Gasteiger partial charge is 0.381 e. The van der Waals surface area contributed by atoms with Crippen molar-refractivity contribution in [1.82, 2.24) is 14.5 Å². The maximum absolute atomic E-state index is 13.4. The molecule has 5 rings (SSSR count). The van der Waals surface area contributed by atoms with Crippen LogP contribution in [0.4, 0.5) is 13.2 Å². The Bertz CT molecular complexity index is 904. The van der Waals surface area contributed by atoms with Gasteiger partial charge in [0.25, 0.3) is 0 Å². The standard InChI is InChI=1S/C21H30F3N3O3S/c1-15-17(2-3-18(25-15)20(6-7-20)21(22,23)24)31(28,29)27-13-19(14-27)11-26(12-19)10-16-4-8-30-9-5-16/h3,16,25H,2,4-14H2,1H3. The van der Waals surface area contributed by atoms with Gasteiger partial charge in [-0.25, -0.2) is 8.42 Å². The molecule has 1 N–H and O–H groups in total. The fourth-order valence-electron chi connectivity index (χ4n) is 5.67. The zero-order valence-electron chi connectivity index (χ0n) is 17.8. The van der Waals surface area contributed by atoms with Gasteiger partial charge in [-0.3, -0.25) is 0 Å². The summed E-state index contributed by atoms with van der Waals surface area (Å²) in [5.41, 5.74) is -1.34. The molecular weight excluding hydrogens is 431 g/mol. The number of nitrogens with one attached hydrogen (secondary N) is 1. The van der Waals surface area contributed by atoms with Crippen LogP contribution < -0.4 is 5.32 Å². The summed E-state index contributed by atoms with van der Waals surface area (Å²) >= 11 is 0. The summed E-state index contributed by atoms with van der Waals surface area (Å²) in [7, 11) is -3.66. The second-order valence-electron chi connectivity index (χ2n) is 10.1. The van der Waals surface area contributed by atoms with Crippen LogP contribution in [-0.4, -0.2) is 69.7 Å². The van der Waals surface area contributed by atoms with E-state index >= 15 is 0 Å². The zero-order chi connectivity index (χ0) is 22.1. The van der Waals surface area contributed by atoms with E-state index in [4.69, 9.17) is 4.74 Å². The summed E-state index contributed by atoms with van der Waals surface area (Å²) < 4.78 is 73.4. The third-order valence-corrected chi connectivity index (χ3v) is 9.72. The van der Waals surface area contributed by atoms with Crippen molar-refractivity contribution in [2.24, 2.45) is 16.7 Å². The molecule has 10 heteroatoms. The van der Waals surface area contributed by atoms with E-state index in [0.29, 0.717) is 24.7 Å². The highest BCUT2D eigenvalue weighted by Crippen LogP contribution is 2.62. The number of ether oxygens (including phenoxy) is 1. The SMILES string of the molecule is CC1=C(S(=O)(=O)N2CC3(CN(CC4CCOCC4)C3)C2)CC=C(C2(C(F)(F)F)CC2)N1. The van der Waals surface area contributed by atoms with Gasteiger partial charge in [0.2, 0.25) is 10.0 Å². The number of hydrogen-bond acceptors (Lipinski definition) is 5. The van der Waals surface area contributed by atoms with E-state index in [-0.39, 0.29) is 35.3 Å². The molecule has 1 aliphatic carbocycles. The van der Waals surface area contributed by atoms with Crippen molar-refractivity contribution < 1.29 is 26.3 Å². The quantitative estimate of drug-likeness (QED) is 0.682. The lowest BCUT2D eigenvalue weighted by Crippen LogP contribution is -2.73. The Kier molecular flexibility index (Phi) is 5.05. The molecule has 0 bridgehead atoms. The highest BCUT2D eigenvalue weighted by molar-refractivity contribution is 7.93. The highest BCUT2D eigenvalue weighted by Gasteiger charge is 2.66. The molecule has 0 atom stereocenters. The van der Waals surface area contributed by atoms with Gasteiger partial charge < -0.3 is 15.0 Å². The van der Waals surface area contributed by atoms with Crippen LogP contribution in [0.25, 0.3) is 0 Å². The van der Waals surface area contributed by atoms with Crippen LogP contribution in [0.2, 0.25) is 0 Å². The molecule has 31 heavy (non-hydrogen) atoms. The molecule has 3 saturated heterocycles. The second kappa shape index (κ2) is 7.20. The van der Waals surface area contributed by atoms with Gasteiger partial charge in [0.1, 0.15) is 5.41 Å². The number of dihydropyridines is 1. The lowest BCUT2D eigenvalue weighted by molar-refractivity contribution is -0.176. The topological polar surface area (TPSA) is 61.9 Å². The molecule has 6 nitrogen and oxygen atoms in total. The molecule has 5 aliphatic rings. The van der Waals surface area contributed by atoms with Crippen LogP contribution in [-0.2, 0) is 14.8 Å². The Morgan fingerprint density at radius 2 is 1.81 bits per heavy atom. The first-order valence-corrected chi connectivity index (χ1v) is 12.5. The van der Waals surface area contributed by atoms with E-state index in [1.54, 1.807) is 6.92 Å². The fourth-order valence-corrected chi connectivity index (χ4v) is 7.60. The van der Waals surface area contributed by atoms with Crippen molar-refractivity contribution in [2.75, 3.05) is 45.9 Å². The van der Waals surface area contributed by atoms with E-state index in [0.717, 1.165) is 45.7 Å². The van der Waals surface area contributed by atoms with E-state index < -0.39 is 21.6 Å². The van der Waals surface area contributed by atoms with Gasteiger partial charge in [-0.2, -0.15) is 17.5 Å². The van der Waals surface area contributed by atoms with Gasteiger partial charge in [-0.15, -0.1) is 0 Å². The van der Waals surface area contributed by atoms with Gasteiger partial charge in [0, 0.05) is 69.2 Å². The molecule has 1 spiro atoms. The first-order valence-electron chi connectivity index (χ1n) is 11.1. The maximum Gasteiger partial charge on any atom is 0.399 e. The van der Waals surface area contributed by atoms with Crippen LogP contribution >= 0.6 is 0 Å². The van der Waals surface area contributed by atoms with Crippen molar-refractivity contribution in [1.29, 1.82) is 0 Å². The number of halogens is 3. The van der Waals surface area contributed by atoms with Crippen LogP contribution in [0.1, 0.15) is 39.0 Å². The lowest BCUT2D eigenvalue weighted by Gasteiger charge is -2.60. The summed E-state index contributed by atoms with van der Waals surface area (Å²) in [6.07, 6.45) is -0.561. The van der Waals surface area contributed by atoms with Gasteiger partial charge in [0.05, 0.1) is 4.91 Å². The van der Waals surface area contributed by atoms with Crippen molar-refractivity contribution in [3.8, 4) is 0 Å². The summed E-state index contributed by atoms with van der Waals surface area (Å²) in [4.78, 5) is 2.61. The molecule has 174 valence electrons. The molecule has 0 amide bonds. The minimum Gasteiger partial charge on any atom is -0.381 e. The largest absolute Gasteiger partial charge is 0.399 e. The molecular formula is C21H30F3N3O3S. The minimum absolute atomic E-state index is 0.0215. The van der Waals surface area contributed by atoms with Gasteiger partial charge in [-0.05, 0) is 38.5 Å². The Morgan fingerprint density at radius 1 is 1.16 bits per heavy atom.